The first-order valence-electron chi connectivity index (χ1n) is 5.94. The summed E-state index contributed by atoms with van der Waals surface area (Å²) < 4.78 is 10.2. The Balaban J connectivity index is 3.60. The van der Waals surface area contributed by atoms with Crippen LogP contribution in [0.1, 0.15) is 26.7 Å². The van der Waals surface area contributed by atoms with E-state index in [4.69, 9.17) is 9.47 Å². The highest BCUT2D eigenvalue weighted by molar-refractivity contribution is 5.78. The second-order valence-electron chi connectivity index (χ2n) is 3.91. The lowest BCUT2D eigenvalue weighted by molar-refractivity contribution is -0.120. The maximum atomic E-state index is 11.4. The van der Waals surface area contributed by atoms with Gasteiger partial charge >= 0.3 is 0 Å². The summed E-state index contributed by atoms with van der Waals surface area (Å²) in [5, 5.41) is 2.82. The van der Waals surface area contributed by atoms with E-state index in [2.05, 4.69) is 18.5 Å². The number of rotatable bonds is 9. The monoisotopic (exact) mass is 253 g/mol. The molecule has 0 heterocycles. The van der Waals surface area contributed by atoms with Crippen LogP contribution in [0.2, 0.25) is 0 Å². The summed E-state index contributed by atoms with van der Waals surface area (Å²) >= 11 is 0. The minimum atomic E-state index is 0.0331. The molecule has 0 fully saturated rings. The molecule has 0 spiro atoms. The molecule has 102 valence electrons. The second kappa shape index (κ2) is 9.33. The third-order valence-corrected chi connectivity index (χ3v) is 2.41. The van der Waals surface area contributed by atoms with Crippen LogP contribution in [0.3, 0.4) is 0 Å². The van der Waals surface area contributed by atoms with Gasteiger partial charge in [0.1, 0.15) is 0 Å². The molecule has 0 atom stereocenters. The summed E-state index contributed by atoms with van der Waals surface area (Å²) in [6.45, 7) is 12.2. The fraction of sp³-hybridized carbons (Fsp3) is 0.500. The lowest BCUT2D eigenvalue weighted by atomic mass is 10.2. The summed E-state index contributed by atoms with van der Waals surface area (Å²) in [7, 11) is 1.51. The van der Waals surface area contributed by atoms with Crippen molar-refractivity contribution in [3.63, 3.8) is 0 Å². The molecule has 4 nitrogen and oxygen atoms in total. The van der Waals surface area contributed by atoms with E-state index in [1.807, 2.05) is 19.9 Å². The molecule has 1 N–H and O–H groups in total. The van der Waals surface area contributed by atoms with Crippen molar-refractivity contribution in [3.05, 3.63) is 36.3 Å². The zero-order chi connectivity index (χ0) is 14.0. The number of amides is 1. The molecule has 1 amide bonds. The van der Waals surface area contributed by atoms with Crippen LogP contribution in [0.4, 0.5) is 0 Å². The van der Waals surface area contributed by atoms with Crippen molar-refractivity contribution in [1.82, 2.24) is 5.32 Å². The van der Waals surface area contributed by atoms with Crippen LogP contribution in [0.5, 0.6) is 0 Å². The lowest BCUT2D eigenvalue weighted by Gasteiger charge is -2.10. The van der Waals surface area contributed by atoms with Crippen molar-refractivity contribution < 1.29 is 14.3 Å². The molecule has 0 bridgehead atoms. The van der Waals surface area contributed by atoms with Gasteiger partial charge in [-0.15, -0.1) is 0 Å². The van der Waals surface area contributed by atoms with Crippen molar-refractivity contribution in [3.8, 4) is 0 Å². The molecule has 4 heteroatoms. The van der Waals surface area contributed by atoms with Gasteiger partial charge in [-0.25, -0.2) is 0 Å². The Kier molecular flexibility index (Phi) is 8.45. The van der Waals surface area contributed by atoms with E-state index in [9.17, 15) is 4.79 Å². The van der Waals surface area contributed by atoms with Crippen LogP contribution in [0.25, 0.3) is 0 Å². The molecular formula is C14H23NO3. The van der Waals surface area contributed by atoms with Crippen LogP contribution < -0.4 is 5.32 Å². The van der Waals surface area contributed by atoms with Gasteiger partial charge < -0.3 is 14.8 Å². The molecule has 0 saturated heterocycles. The summed E-state index contributed by atoms with van der Waals surface area (Å²) in [6, 6.07) is 0. The number of carbonyl (C=O) groups is 1. The van der Waals surface area contributed by atoms with E-state index in [0.717, 1.165) is 12.0 Å². The Hall–Kier alpha value is -1.71. The molecule has 0 radical (unpaired) electrons. The van der Waals surface area contributed by atoms with Crippen molar-refractivity contribution >= 4 is 5.91 Å². The van der Waals surface area contributed by atoms with Crippen molar-refractivity contribution in [2.24, 2.45) is 0 Å². The van der Waals surface area contributed by atoms with Gasteiger partial charge in [-0.1, -0.05) is 24.8 Å². The molecule has 0 aromatic heterocycles. The highest BCUT2D eigenvalue weighted by atomic mass is 16.5. The predicted molar refractivity (Wildman–Crippen MR) is 72.9 cm³/mol. The zero-order valence-corrected chi connectivity index (χ0v) is 11.5. The average molecular weight is 253 g/mol. The molecule has 0 aromatic rings. The largest absolute Gasteiger partial charge is 0.494 e. The van der Waals surface area contributed by atoms with Crippen LogP contribution in [-0.2, 0) is 14.3 Å². The van der Waals surface area contributed by atoms with Crippen LogP contribution in [0.15, 0.2) is 36.3 Å². The van der Waals surface area contributed by atoms with E-state index < -0.39 is 0 Å². The van der Waals surface area contributed by atoms with E-state index in [-0.39, 0.29) is 5.91 Å². The average Bonchev–Trinajstić information content (AvgIpc) is 2.36. The van der Waals surface area contributed by atoms with Gasteiger partial charge in [0, 0.05) is 13.0 Å². The summed E-state index contributed by atoms with van der Waals surface area (Å²) in [6.07, 6.45) is 3.10. The Morgan fingerprint density at radius 3 is 2.56 bits per heavy atom. The highest BCUT2D eigenvalue weighted by Crippen LogP contribution is 2.06. The summed E-state index contributed by atoms with van der Waals surface area (Å²) in [4.78, 5) is 11.4. The first kappa shape index (κ1) is 16.3. The number of hydrogen-bond donors (Lipinski definition) is 1. The van der Waals surface area contributed by atoms with E-state index in [1.54, 1.807) is 0 Å². The molecule has 0 aliphatic rings. The first-order valence-corrected chi connectivity index (χ1v) is 5.94. The van der Waals surface area contributed by atoms with E-state index >= 15 is 0 Å². The van der Waals surface area contributed by atoms with Gasteiger partial charge in [-0.2, -0.15) is 0 Å². The van der Waals surface area contributed by atoms with E-state index in [0.29, 0.717) is 31.1 Å². The fourth-order valence-electron chi connectivity index (χ4n) is 1.11. The van der Waals surface area contributed by atoms with Crippen molar-refractivity contribution in [2.75, 3.05) is 20.3 Å². The van der Waals surface area contributed by atoms with Gasteiger partial charge in [0.15, 0.2) is 11.5 Å². The summed E-state index contributed by atoms with van der Waals surface area (Å²) in [5.41, 5.74) is 1.06. The topological polar surface area (TPSA) is 47.6 Å². The van der Waals surface area contributed by atoms with E-state index in [1.165, 1.54) is 7.11 Å². The molecule has 0 aliphatic carbocycles. The van der Waals surface area contributed by atoms with Crippen molar-refractivity contribution in [1.29, 1.82) is 0 Å². The third kappa shape index (κ3) is 7.54. The molecule has 0 unspecified atom stereocenters. The molecule has 0 aliphatic heterocycles. The minimum Gasteiger partial charge on any atom is -0.494 e. The lowest BCUT2D eigenvalue weighted by Crippen LogP contribution is -2.25. The minimum absolute atomic E-state index is 0.0331. The number of ether oxygens (including phenoxy) is 2. The van der Waals surface area contributed by atoms with Gasteiger partial charge in [-0.05, 0) is 20.3 Å². The maximum absolute atomic E-state index is 11.4. The number of carbonyl (C=O) groups excluding carboxylic acids is 1. The molecule has 0 rings (SSSR count). The quantitative estimate of drug-likeness (QED) is 0.297. The normalized spacial score (nSPS) is 10.7. The number of methoxy groups -OCH3 is 1. The van der Waals surface area contributed by atoms with Gasteiger partial charge in [0.2, 0.25) is 5.91 Å². The predicted octanol–water partition coefficient (Wildman–Crippen LogP) is 2.54. The van der Waals surface area contributed by atoms with Crippen LogP contribution >= 0.6 is 0 Å². The highest BCUT2D eigenvalue weighted by Gasteiger charge is 2.02. The Labute approximate surface area is 109 Å². The van der Waals surface area contributed by atoms with Gasteiger partial charge in [0.05, 0.1) is 13.7 Å². The Bertz CT molecular complexity index is 332. The van der Waals surface area contributed by atoms with Gasteiger partial charge in [0.25, 0.3) is 0 Å². The van der Waals surface area contributed by atoms with Crippen molar-refractivity contribution in [2.45, 2.75) is 26.7 Å². The van der Waals surface area contributed by atoms with Crippen LogP contribution in [-0.4, -0.2) is 26.2 Å². The number of allylic oxidation sites excluding steroid dienone is 1. The Morgan fingerprint density at radius 2 is 2.00 bits per heavy atom. The zero-order valence-electron chi connectivity index (χ0n) is 11.5. The summed E-state index contributed by atoms with van der Waals surface area (Å²) in [5.74, 6) is 0.877. The number of nitrogens with one attached hydrogen (secondary N) is 1. The second-order valence-corrected chi connectivity index (χ2v) is 3.91. The number of hydrogen-bond acceptors (Lipinski definition) is 3. The third-order valence-electron chi connectivity index (χ3n) is 2.41. The van der Waals surface area contributed by atoms with Gasteiger partial charge in [-0.3, -0.25) is 4.79 Å². The maximum Gasteiger partial charge on any atom is 0.224 e. The first-order chi connectivity index (χ1) is 8.51. The standard InChI is InChI=1S/C14H23NO3/c1-6-11(2)10-14(16)15-8-7-9-18-13(4)12(3)17-5/h6H,3-4,7-10H2,1-2,5H3,(H,15,16)/b11-6+. The SMILES string of the molecule is C=C(OC)C(=C)OCCCNC(=O)C/C(C)=C/C. The molecule has 18 heavy (non-hydrogen) atoms. The molecule has 0 saturated carbocycles. The fourth-order valence-corrected chi connectivity index (χ4v) is 1.11. The van der Waals surface area contributed by atoms with Crippen LogP contribution in [0, 0.1) is 0 Å². The molecule has 0 aromatic carbocycles. The smallest absolute Gasteiger partial charge is 0.224 e. The Morgan fingerprint density at radius 1 is 1.33 bits per heavy atom. The molecular weight excluding hydrogens is 230 g/mol.